The summed E-state index contributed by atoms with van der Waals surface area (Å²) in [4.78, 5) is 50.2. The number of carbonyl (C=O) groups excluding carboxylic acids is 3. The molecule has 0 aliphatic rings. The molecule has 0 fully saturated rings. The molecule has 1 atom stereocenters. The number of unbranched alkanes of at least 4 members (excludes halogenated alkanes) is 4. The van der Waals surface area contributed by atoms with Crippen molar-refractivity contribution in [1.29, 1.82) is 0 Å². The normalized spacial score (nSPS) is 11.2. The van der Waals surface area contributed by atoms with E-state index in [2.05, 4.69) is 17.6 Å². The summed E-state index contributed by atoms with van der Waals surface area (Å²) in [6.07, 6.45) is 5.84. The Bertz CT molecular complexity index is 1750. The number of carboxylic acids is 1. The lowest BCUT2D eigenvalue weighted by molar-refractivity contribution is -0.139. The SMILES string of the molecule is CCCCCCCOc1ccc(C(=O)Oc2ccc(C[C@H](NC(=O)c3ccc(NC(=O)Cc4ccc(OC)c(OC)c4)cc3)C(=O)O)cc2)cc1. The number of hydrogen-bond acceptors (Lipinski definition) is 8. The molecule has 0 aliphatic heterocycles. The second kappa shape index (κ2) is 19.4. The second-order valence-electron chi connectivity index (χ2n) is 11.9. The van der Waals surface area contributed by atoms with Gasteiger partial charge < -0.3 is 34.7 Å². The number of carbonyl (C=O) groups is 4. The predicted octanol–water partition coefficient (Wildman–Crippen LogP) is 6.88. The summed E-state index contributed by atoms with van der Waals surface area (Å²) in [5, 5.41) is 15.1. The van der Waals surface area contributed by atoms with Crippen LogP contribution in [0.1, 0.15) is 70.9 Å². The van der Waals surface area contributed by atoms with Crippen LogP contribution in [0, 0.1) is 0 Å². The Labute approximate surface area is 297 Å². The number of aliphatic carboxylic acids is 1. The number of amides is 2. The zero-order valence-electron chi connectivity index (χ0n) is 29.1. The smallest absolute Gasteiger partial charge is 0.343 e. The van der Waals surface area contributed by atoms with E-state index < -0.39 is 23.9 Å². The van der Waals surface area contributed by atoms with Crippen molar-refractivity contribution in [2.24, 2.45) is 0 Å². The molecule has 2 amide bonds. The number of carboxylic acid groups (broad SMARTS) is 1. The third kappa shape index (κ3) is 11.9. The van der Waals surface area contributed by atoms with E-state index in [4.69, 9.17) is 18.9 Å². The number of esters is 1. The molecule has 0 aromatic heterocycles. The van der Waals surface area contributed by atoms with Crippen LogP contribution in [0.25, 0.3) is 0 Å². The Hall–Kier alpha value is -5.84. The van der Waals surface area contributed by atoms with Gasteiger partial charge in [0.05, 0.1) is 32.8 Å². The summed E-state index contributed by atoms with van der Waals surface area (Å²) in [5.41, 5.74) is 2.41. The van der Waals surface area contributed by atoms with Crippen LogP contribution in [0.4, 0.5) is 5.69 Å². The van der Waals surface area contributed by atoms with Crippen molar-refractivity contribution in [1.82, 2.24) is 5.32 Å². The van der Waals surface area contributed by atoms with Crippen molar-refractivity contribution in [3.8, 4) is 23.0 Å². The summed E-state index contributed by atoms with van der Waals surface area (Å²) < 4.78 is 21.8. The van der Waals surface area contributed by atoms with E-state index in [0.717, 1.165) is 18.4 Å². The monoisotopic (exact) mass is 696 g/mol. The fourth-order valence-electron chi connectivity index (χ4n) is 5.21. The van der Waals surface area contributed by atoms with Gasteiger partial charge in [-0.3, -0.25) is 9.59 Å². The number of benzene rings is 4. The number of nitrogens with one attached hydrogen (secondary N) is 2. The quantitative estimate of drug-likeness (QED) is 0.0542. The Morgan fingerprint density at radius 2 is 1.33 bits per heavy atom. The maximum atomic E-state index is 12.9. The molecule has 51 heavy (non-hydrogen) atoms. The Morgan fingerprint density at radius 1 is 0.706 bits per heavy atom. The molecule has 0 radical (unpaired) electrons. The van der Waals surface area contributed by atoms with Gasteiger partial charge in [-0.1, -0.05) is 50.8 Å². The zero-order valence-corrected chi connectivity index (χ0v) is 29.1. The van der Waals surface area contributed by atoms with Gasteiger partial charge in [-0.25, -0.2) is 9.59 Å². The minimum atomic E-state index is -1.22. The first-order chi connectivity index (χ1) is 24.7. The molecule has 0 saturated carbocycles. The van der Waals surface area contributed by atoms with Crippen molar-refractivity contribution in [3.63, 3.8) is 0 Å². The van der Waals surface area contributed by atoms with Crippen LogP contribution in [0.2, 0.25) is 0 Å². The van der Waals surface area contributed by atoms with E-state index in [0.29, 0.717) is 46.4 Å². The molecule has 4 aromatic rings. The molecule has 3 N–H and O–H groups in total. The molecule has 11 nitrogen and oxygen atoms in total. The van der Waals surface area contributed by atoms with Crippen LogP contribution < -0.4 is 29.6 Å². The minimum Gasteiger partial charge on any atom is -0.494 e. The lowest BCUT2D eigenvalue weighted by atomic mass is 10.0. The molecule has 0 aliphatic carbocycles. The Balaban J connectivity index is 1.25. The maximum absolute atomic E-state index is 12.9. The van der Waals surface area contributed by atoms with Gasteiger partial charge in [-0.15, -0.1) is 0 Å². The molecular formula is C40H44N2O9. The van der Waals surface area contributed by atoms with Gasteiger partial charge in [0.2, 0.25) is 5.91 Å². The van der Waals surface area contributed by atoms with Crippen molar-refractivity contribution >= 4 is 29.4 Å². The van der Waals surface area contributed by atoms with Gasteiger partial charge >= 0.3 is 11.9 Å². The molecule has 0 unspecified atom stereocenters. The van der Waals surface area contributed by atoms with Crippen LogP contribution in [0.5, 0.6) is 23.0 Å². The van der Waals surface area contributed by atoms with Gasteiger partial charge in [-0.05, 0) is 90.3 Å². The average Bonchev–Trinajstić information content (AvgIpc) is 3.13. The van der Waals surface area contributed by atoms with Crippen LogP contribution >= 0.6 is 0 Å². The van der Waals surface area contributed by atoms with E-state index in [-0.39, 0.29) is 24.3 Å². The highest BCUT2D eigenvalue weighted by Crippen LogP contribution is 2.28. The predicted molar refractivity (Wildman–Crippen MR) is 193 cm³/mol. The van der Waals surface area contributed by atoms with E-state index >= 15 is 0 Å². The third-order valence-electron chi connectivity index (χ3n) is 8.03. The highest BCUT2D eigenvalue weighted by atomic mass is 16.5. The molecule has 0 heterocycles. The first-order valence-electron chi connectivity index (χ1n) is 16.9. The van der Waals surface area contributed by atoms with Crippen molar-refractivity contribution in [3.05, 3.63) is 113 Å². The summed E-state index contributed by atoms with van der Waals surface area (Å²) in [5.74, 6) is -0.534. The number of ether oxygens (including phenoxy) is 4. The topological polar surface area (TPSA) is 149 Å². The van der Waals surface area contributed by atoms with Gasteiger partial charge in [-0.2, -0.15) is 0 Å². The summed E-state index contributed by atoms with van der Waals surface area (Å²) >= 11 is 0. The number of methoxy groups -OCH3 is 2. The molecule has 0 spiro atoms. The first kappa shape index (κ1) is 38.0. The second-order valence-corrected chi connectivity index (χ2v) is 11.9. The van der Waals surface area contributed by atoms with Crippen LogP contribution in [-0.4, -0.2) is 55.7 Å². The average molecular weight is 697 g/mol. The van der Waals surface area contributed by atoms with Crippen molar-refractivity contribution < 1.29 is 43.2 Å². The van der Waals surface area contributed by atoms with Gasteiger partial charge in [0.15, 0.2) is 11.5 Å². The molecular weight excluding hydrogens is 652 g/mol. The Morgan fingerprint density at radius 3 is 1.98 bits per heavy atom. The molecule has 0 saturated heterocycles. The summed E-state index contributed by atoms with van der Waals surface area (Å²) in [6, 6.07) is 23.3. The molecule has 0 bridgehead atoms. The number of hydrogen-bond donors (Lipinski definition) is 3. The lowest BCUT2D eigenvalue weighted by Crippen LogP contribution is -2.42. The minimum absolute atomic E-state index is 0.000345. The van der Waals surface area contributed by atoms with Crippen LogP contribution in [-0.2, 0) is 22.4 Å². The molecule has 268 valence electrons. The lowest BCUT2D eigenvalue weighted by Gasteiger charge is -2.15. The first-order valence-corrected chi connectivity index (χ1v) is 16.9. The zero-order chi connectivity index (χ0) is 36.6. The third-order valence-corrected chi connectivity index (χ3v) is 8.03. The highest BCUT2D eigenvalue weighted by molar-refractivity contribution is 5.98. The van der Waals surface area contributed by atoms with Crippen LogP contribution in [0.15, 0.2) is 91.0 Å². The number of rotatable bonds is 19. The van der Waals surface area contributed by atoms with E-state index in [9.17, 15) is 24.3 Å². The Kier molecular flexibility index (Phi) is 14.4. The van der Waals surface area contributed by atoms with Crippen molar-refractivity contribution in [2.45, 2.75) is 57.9 Å². The van der Waals surface area contributed by atoms with Gasteiger partial charge in [0.25, 0.3) is 5.91 Å². The highest BCUT2D eigenvalue weighted by Gasteiger charge is 2.22. The fraction of sp³-hybridized carbons (Fsp3) is 0.300. The van der Waals surface area contributed by atoms with Gasteiger partial charge in [0, 0.05) is 17.7 Å². The van der Waals surface area contributed by atoms with E-state index in [1.165, 1.54) is 45.6 Å². The molecule has 4 aromatic carbocycles. The molecule has 4 rings (SSSR count). The molecule has 11 heteroatoms. The van der Waals surface area contributed by atoms with E-state index in [1.54, 1.807) is 78.9 Å². The standard InChI is InChI=1S/C40H44N2O9/c1-4-5-6-7-8-23-50-32-20-14-30(15-21-32)40(47)51-33-18-9-27(10-19-33)24-34(39(45)46)42-38(44)29-12-16-31(17-13-29)41-37(43)26-28-11-22-35(48-2)36(25-28)49-3/h9-22,25,34H,4-8,23-24,26H2,1-3H3,(H,41,43)(H,42,44)(H,45,46)/t34-/m0/s1. The fourth-order valence-corrected chi connectivity index (χ4v) is 5.21. The number of anilines is 1. The van der Waals surface area contributed by atoms with E-state index in [1.807, 2.05) is 0 Å². The maximum Gasteiger partial charge on any atom is 0.343 e. The summed E-state index contributed by atoms with van der Waals surface area (Å²) in [6.45, 7) is 2.81. The van der Waals surface area contributed by atoms with Gasteiger partial charge in [0.1, 0.15) is 17.5 Å². The summed E-state index contributed by atoms with van der Waals surface area (Å²) in [7, 11) is 3.05. The van der Waals surface area contributed by atoms with Crippen LogP contribution in [0.3, 0.4) is 0 Å². The largest absolute Gasteiger partial charge is 0.494 e. The van der Waals surface area contributed by atoms with Crippen molar-refractivity contribution in [2.75, 3.05) is 26.1 Å².